The number of hydrogen-bond donors (Lipinski definition) is 1. The summed E-state index contributed by atoms with van der Waals surface area (Å²) in [5.74, 6) is 0.0586. The van der Waals surface area contributed by atoms with Crippen LogP contribution in [0.1, 0.15) is 30.5 Å². The first-order valence-corrected chi connectivity index (χ1v) is 10.7. The van der Waals surface area contributed by atoms with Crippen molar-refractivity contribution in [1.29, 1.82) is 0 Å². The third-order valence-electron chi connectivity index (χ3n) is 4.63. The Kier molecular flexibility index (Phi) is 5.41. The van der Waals surface area contributed by atoms with Crippen LogP contribution < -0.4 is 14.4 Å². The minimum Gasteiger partial charge on any atom is -0.476 e. The molecule has 144 valence electrons. The maximum absolute atomic E-state index is 12.8. The highest BCUT2D eigenvalue weighted by molar-refractivity contribution is 7.92. The van der Waals surface area contributed by atoms with Crippen LogP contribution in [0, 0.1) is 6.92 Å². The number of amides is 1. The number of sulfonamides is 1. The van der Waals surface area contributed by atoms with Gasteiger partial charge in [0, 0.05) is 0 Å². The standard InChI is InChI=1S/C20H24N2O4S/c1-4-16(15-11-9-14(2)10-12-15)21-20(23)19-13-22(27(3,24)25)17-7-5-6-8-18(17)26-19/h5-12,16,19H,4,13H2,1-3H3,(H,21,23)/t16-,19+/m1/s1. The van der Waals surface area contributed by atoms with Crippen molar-refractivity contribution in [2.24, 2.45) is 0 Å². The van der Waals surface area contributed by atoms with Crippen LogP contribution in [-0.4, -0.2) is 33.2 Å². The molecule has 0 saturated carbocycles. The molecule has 1 aliphatic rings. The van der Waals surface area contributed by atoms with Gasteiger partial charge in [0.15, 0.2) is 6.10 Å². The summed E-state index contributed by atoms with van der Waals surface area (Å²) in [6, 6.07) is 14.7. The average Bonchev–Trinajstić information content (AvgIpc) is 2.65. The number of benzene rings is 2. The van der Waals surface area contributed by atoms with E-state index in [9.17, 15) is 13.2 Å². The molecule has 0 fully saturated rings. The number of anilines is 1. The summed E-state index contributed by atoms with van der Waals surface area (Å²) in [6.45, 7) is 3.95. The Balaban J connectivity index is 1.81. The number of hydrogen-bond acceptors (Lipinski definition) is 4. The number of aryl methyl sites for hydroxylation is 1. The van der Waals surface area contributed by atoms with Crippen molar-refractivity contribution in [1.82, 2.24) is 5.32 Å². The summed E-state index contributed by atoms with van der Waals surface area (Å²) < 4.78 is 31.4. The molecule has 0 bridgehead atoms. The summed E-state index contributed by atoms with van der Waals surface area (Å²) in [4.78, 5) is 12.8. The second-order valence-corrected chi connectivity index (χ2v) is 8.66. The lowest BCUT2D eigenvalue weighted by Crippen LogP contribution is -2.51. The fourth-order valence-electron chi connectivity index (χ4n) is 3.14. The van der Waals surface area contributed by atoms with Gasteiger partial charge < -0.3 is 10.1 Å². The summed E-state index contributed by atoms with van der Waals surface area (Å²) in [5, 5.41) is 2.99. The number of rotatable bonds is 5. The lowest BCUT2D eigenvalue weighted by molar-refractivity contribution is -0.128. The van der Waals surface area contributed by atoms with Gasteiger partial charge in [-0.1, -0.05) is 48.9 Å². The van der Waals surface area contributed by atoms with E-state index in [1.54, 1.807) is 24.3 Å². The molecule has 0 saturated heterocycles. The quantitative estimate of drug-likeness (QED) is 0.855. The first-order valence-electron chi connectivity index (χ1n) is 8.90. The van der Waals surface area contributed by atoms with Gasteiger partial charge in [0.2, 0.25) is 10.0 Å². The lowest BCUT2D eigenvalue weighted by Gasteiger charge is -2.34. The van der Waals surface area contributed by atoms with E-state index in [0.29, 0.717) is 17.9 Å². The van der Waals surface area contributed by atoms with Gasteiger partial charge in [-0.05, 0) is 31.0 Å². The molecular weight excluding hydrogens is 364 g/mol. The lowest BCUT2D eigenvalue weighted by atomic mass is 10.0. The van der Waals surface area contributed by atoms with Crippen LogP contribution in [0.3, 0.4) is 0 Å². The van der Waals surface area contributed by atoms with E-state index in [2.05, 4.69) is 5.32 Å². The van der Waals surface area contributed by atoms with E-state index in [-0.39, 0.29) is 18.5 Å². The van der Waals surface area contributed by atoms with Gasteiger partial charge in [-0.15, -0.1) is 0 Å². The summed E-state index contributed by atoms with van der Waals surface area (Å²) in [6.07, 6.45) is 0.938. The molecule has 0 aromatic heterocycles. The number of carbonyl (C=O) groups is 1. The number of nitrogens with one attached hydrogen (secondary N) is 1. The highest BCUT2D eigenvalue weighted by atomic mass is 32.2. The van der Waals surface area contributed by atoms with Crippen molar-refractivity contribution >= 4 is 21.6 Å². The Morgan fingerprint density at radius 2 is 1.89 bits per heavy atom. The summed E-state index contributed by atoms with van der Waals surface area (Å²) in [7, 11) is -3.52. The van der Waals surface area contributed by atoms with Crippen LogP contribution in [0.5, 0.6) is 5.75 Å². The van der Waals surface area contributed by atoms with Crippen molar-refractivity contribution in [3.63, 3.8) is 0 Å². The monoisotopic (exact) mass is 388 g/mol. The molecule has 1 heterocycles. The molecule has 0 spiro atoms. The maximum atomic E-state index is 12.8. The molecule has 3 rings (SSSR count). The van der Waals surface area contributed by atoms with Crippen LogP contribution in [0.15, 0.2) is 48.5 Å². The number of ether oxygens (including phenoxy) is 1. The SMILES string of the molecule is CC[C@@H](NC(=O)[C@@H]1CN(S(C)(=O)=O)c2ccccc2O1)c1ccc(C)cc1. The van der Waals surface area contributed by atoms with Gasteiger partial charge >= 0.3 is 0 Å². The second kappa shape index (κ2) is 7.60. The van der Waals surface area contributed by atoms with Crippen LogP contribution >= 0.6 is 0 Å². The molecular formula is C20H24N2O4S. The molecule has 2 aromatic rings. The molecule has 0 unspecified atom stereocenters. The van der Waals surface area contributed by atoms with E-state index in [0.717, 1.165) is 17.4 Å². The van der Waals surface area contributed by atoms with Crippen molar-refractivity contribution in [2.75, 3.05) is 17.1 Å². The van der Waals surface area contributed by atoms with Gasteiger partial charge in [-0.2, -0.15) is 0 Å². The van der Waals surface area contributed by atoms with Crippen LogP contribution in [0.25, 0.3) is 0 Å². The number of carbonyl (C=O) groups excluding carboxylic acids is 1. The zero-order chi connectivity index (χ0) is 19.6. The molecule has 7 heteroatoms. The fraction of sp³-hybridized carbons (Fsp3) is 0.350. The van der Waals surface area contributed by atoms with E-state index >= 15 is 0 Å². The van der Waals surface area contributed by atoms with Crippen molar-refractivity contribution < 1.29 is 17.9 Å². The summed E-state index contributed by atoms with van der Waals surface area (Å²) >= 11 is 0. The Hall–Kier alpha value is -2.54. The Bertz CT molecular complexity index is 925. The average molecular weight is 388 g/mol. The first-order chi connectivity index (χ1) is 12.8. The fourth-order valence-corrected chi connectivity index (χ4v) is 4.05. The van der Waals surface area contributed by atoms with Gasteiger partial charge in [0.25, 0.3) is 5.91 Å². The number of para-hydroxylation sites is 2. The smallest absolute Gasteiger partial charge is 0.263 e. The van der Waals surface area contributed by atoms with E-state index < -0.39 is 16.1 Å². The molecule has 27 heavy (non-hydrogen) atoms. The van der Waals surface area contributed by atoms with Crippen LogP contribution in [-0.2, 0) is 14.8 Å². The van der Waals surface area contributed by atoms with E-state index in [1.165, 1.54) is 4.31 Å². The van der Waals surface area contributed by atoms with Crippen LogP contribution in [0.2, 0.25) is 0 Å². The number of fused-ring (bicyclic) bond motifs is 1. The van der Waals surface area contributed by atoms with E-state index in [1.807, 2.05) is 38.1 Å². The van der Waals surface area contributed by atoms with Gasteiger partial charge in [0.1, 0.15) is 5.75 Å². The van der Waals surface area contributed by atoms with Crippen molar-refractivity contribution in [3.05, 3.63) is 59.7 Å². The molecule has 1 N–H and O–H groups in total. The second-order valence-electron chi connectivity index (χ2n) is 6.75. The van der Waals surface area contributed by atoms with Gasteiger partial charge in [-0.3, -0.25) is 9.10 Å². The van der Waals surface area contributed by atoms with Gasteiger partial charge in [0.05, 0.1) is 24.5 Å². The van der Waals surface area contributed by atoms with Crippen LogP contribution in [0.4, 0.5) is 5.69 Å². The molecule has 6 nitrogen and oxygen atoms in total. The molecule has 2 aromatic carbocycles. The maximum Gasteiger partial charge on any atom is 0.263 e. The highest BCUT2D eigenvalue weighted by Gasteiger charge is 2.35. The zero-order valence-electron chi connectivity index (χ0n) is 15.7. The predicted octanol–water partition coefficient (Wildman–Crippen LogP) is 2.79. The Labute approximate surface area is 160 Å². The molecule has 0 radical (unpaired) electrons. The van der Waals surface area contributed by atoms with Crippen molar-refractivity contribution in [3.8, 4) is 5.75 Å². The zero-order valence-corrected chi connectivity index (χ0v) is 16.5. The first kappa shape index (κ1) is 19.2. The topological polar surface area (TPSA) is 75.7 Å². The normalized spacial score (nSPS) is 17.6. The van der Waals surface area contributed by atoms with Crippen molar-refractivity contribution in [2.45, 2.75) is 32.4 Å². The van der Waals surface area contributed by atoms with Gasteiger partial charge in [-0.25, -0.2) is 8.42 Å². The highest BCUT2D eigenvalue weighted by Crippen LogP contribution is 2.34. The Morgan fingerprint density at radius 1 is 1.22 bits per heavy atom. The third-order valence-corrected chi connectivity index (χ3v) is 5.78. The third kappa shape index (κ3) is 4.24. The molecule has 1 amide bonds. The molecule has 1 aliphatic heterocycles. The molecule has 0 aliphatic carbocycles. The molecule has 2 atom stereocenters. The van der Waals surface area contributed by atoms with E-state index in [4.69, 9.17) is 4.74 Å². The summed E-state index contributed by atoms with van der Waals surface area (Å²) in [5.41, 5.74) is 2.61. The largest absolute Gasteiger partial charge is 0.476 e. The number of nitrogens with zero attached hydrogens (tertiary/aromatic N) is 1. The Morgan fingerprint density at radius 3 is 2.52 bits per heavy atom. The predicted molar refractivity (Wildman–Crippen MR) is 105 cm³/mol. The minimum atomic E-state index is -3.52. The minimum absolute atomic E-state index is 0.0496.